The predicted molar refractivity (Wildman–Crippen MR) is 50.2 cm³/mol. The van der Waals surface area contributed by atoms with E-state index in [0.29, 0.717) is 11.1 Å². The van der Waals surface area contributed by atoms with E-state index in [4.69, 9.17) is 4.74 Å². The molecule has 0 amide bonds. The Morgan fingerprint density at radius 2 is 2.08 bits per heavy atom. The van der Waals surface area contributed by atoms with Crippen LogP contribution in [0.4, 0.5) is 8.78 Å². The zero-order valence-corrected chi connectivity index (χ0v) is 8.64. The van der Waals surface area contributed by atoms with E-state index in [1.54, 1.807) is 0 Å². The highest BCUT2D eigenvalue weighted by Crippen LogP contribution is 2.16. The third-order valence-electron chi connectivity index (χ3n) is 1.45. The molecule has 1 rings (SSSR count). The summed E-state index contributed by atoms with van der Waals surface area (Å²) in [4.78, 5) is 0. The second kappa shape index (κ2) is 4.56. The zero-order valence-electron chi connectivity index (χ0n) is 7.06. The first-order valence-corrected chi connectivity index (χ1v) is 4.93. The van der Waals surface area contributed by atoms with E-state index in [-0.39, 0.29) is 6.10 Å². The molecule has 1 aromatic rings. The molecule has 0 saturated carbocycles. The topological polar surface area (TPSA) is 9.23 Å². The maximum absolute atomic E-state index is 12.7. The molecule has 13 heavy (non-hydrogen) atoms. The minimum Gasteiger partial charge on any atom is -0.490 e. The number of hydrogen-bond donors (Lipinski definition) is 0. The SMILES string of the molecule is CC(CBr)Oc1ccc(F)c(F)c1. The maximum atomic E-state index is 12.7. The van der Waals surface area contributed by atoms with Crippen LogP contribution < -0.4 is 4.74 Å². The molecule has 4 heteroatoms. The molecule has 0 spiro atoms. The molecular weight excluding hydrogens is 242 g/mol. The van der Waals surface area contributed by atoms with Gasteiger partial charge in [-0.3, -0.25) is 0 Å². The first-order valence-electron chi connectivity index (χ1n) is 3.81. The van der Waals surface area contributed by atoms with Gasteiger partial charge in [-0.25, -0.2) is 8.78 Å². The Kier molecular flexibility index (Phi) is 3.66. The van der Waals surface area contributed by atoms with Crippen molar-refractivity contribution in [2.75, 3.05) is 5.33 Å². The molecule has 0 fully saturated rings. The molecule has 0 aliphatic carbocycles. The lowest BCUT2D eigenvalue weighted by molar-refractivity contribution is 0.246. The predicted octanol–water partition coefficient (Wildman–Crippen LogP) is 3.13. The standard InChI is InChI=1S/C9H9BrF2O/c1-6(5-10)13-7-2-3-8(11)9(12)4-7/h2-4,6H,5H2,1H3. The minimum atomic E-state index is -0.890. The number of ether oxygens (including phenoxy) is 1. The van der Waals surface area contributed by atoms with Crippen molar-refractivity contribution in [3.63, 3.8) is 0 Å². The van der Waals surface area contributed by atoms with Crippen LogP contribution in [-0.2, 0) is 0 Å². The molecule has 0 heterocycles. The van der Waals surface area contributed by atoms with Crippen LogP contribution in [0.3, 0.4) is 0 Å². The van der Waals surface area contributed by atoms with E-state index in [1.807, 2.05) is 6.92 Å². The van der Waals surface area contributed by atoms with E-state index >= 15 is 0 Å². The summed E-state index contributed by atoms with van der Waals surface area (Å²) >= 11 is 3.21. The molecule has 1 nitrogen and oxygen atoms in total. The normalized spacial score (nSPS) is 12.6. The van der Waals surface area contributed by atoms with E-state index in [9.17, 15) is 8.78 Å². The molecule has 0 saturated heterocycles. The van der Waals surface area contributed by atoms with Crippen LogP contribution in [0.25, 0.3) is 0 Å². The number of rotatable bonds is 3. The highest BCUT2D eigenvalue weighted by Gasteiger charge is 2.05. The Morgan fingerprint density at radius 3 is 2.62 bits per heavy atom. The molecule has 0 aliphatic heterocycles. The Bertz CT molecular complexity index is 291. The Morgan fingerprint density at radius 1 is 1.38 bits per heavy atom. The Hall–Kier alpha value is -0.640. The highest BCUT2D eigenvalue weighted by molar-refractivity contribution is 9.09. The fourth-order valence-electron chi connectivity index (χ4n) is 0.814. The number of benzene rings is 1. The smallest absolute Gasteiger partial charge is 0.162 e. The maximum Gasteiger partial charge on any atom is 0.162 e. The van der Waals surface area contributed by atoms with Gasteiger partial charge in [-0.2, -0.15) is 0 Å². The largest absolute Gasteiger partial charge is 0.490 e. The van der Waals surface area contributed by atoms with E-state index in [2.05, 4.69) is 15.9 Å². The van der Waals surface area contributed by atoms with Crippen LogP contribution in [0.5, 0.6) is 5.75 Å². The van der Waals surface area contributed by atoms with E-state index in [1.165, 1.54) is 6.07 Å². The monoisotopic (exact) mass is 250 g/mol. The van der Waals surface area contributed by atoms with E-state index < -0.39 is 11.6 Å². The second-order valence-electron chi connectivity index (χ2n) is 2.66. The van der Waals surface area contributed by atoms with Gasteiger partial charge in [0.1, 0.15) is 11.9 Å². The summed E-state index contributed by atoms with van der Waals surface area (Å²) in [6, 6.07) is 3.48. The quantitative estimate of drug-likeness (QED) is 0.750. The lowest BCUT2D eigenvalue weighted by Gasteiger charge is -2.11. The summed E-state index contributed by atoms with van der Waals surface area (Å²) in [6.45, 7) is 1.83. The molecule has 0 aromatic heterocycles. The summed E-state index contributed by atoms with van der Waals surface area (Å²) in [5.74, 6) is -1.41. The molecular formula is C9H9BrF2O. The minimum absolute atomic E-state index is 0.0649. The summed E-state index contributed by atoms with van der Waals surface area (Å²) in [6.07, 6.45) is -0.0649. The third-order valence-corrected chi connectivity index (χ3v) is 2.36. The molecule has 0 N–H and O–H groups in total. The van der Waals surface area contributed by atoms with Gasteiger partial charge in [-0.15, -0.1) is 0 Å². The fourth-order valence-corrected chi connectivity index (χ4v) is 0.946. The van der Waals surface area contributed by atoms with E-state index in [0.717, 1.165) is 12.1 Å². The molecule has 1 aromatic carbocycles. The van der Waals surface area contributed by atoms with Gasteiger partial charge >= 0.3 is 0 Å². The zero-order chi connectivity index (χ0) is 9.84. The van der Waals surface area contributed by atoms with Crippen molar-refractivity contribution in [3.8, 4) is 5.75 Å². The summed E-state index contributed by atoms with van der Waals surface area (Å²) in [5.41, 5.74) is 0. The van der Waals surface area contributed by atoms with Crippen LogP contribution in [0, 0.1) is 11.6 Å². The first-order chi connectivity index (χ1) is 6.13. The van der Waals surface area contributed by atoms with Crippen LogP contribution in [0.15, 0.2) is 18.2 Å². The number of alkyl halides is 1. The third kappa shape index (κ3) is 2.95. The van der Waals surface area contributed by atoms with Crippen molar-refractivity contribution in [1.29, 1.82) is 0 Å². The lowest BCUT2D eigenvalue weighted by atomic mass is 10.3. The Labute approximate surface area is 83.8 Å². The first kappa shape index (κ1) is 10.4. The number of hydrogen-bond acceptors (Lipinski definition) is 1. The fraction of sp³-hybridized carbons (Fsp3) is 0.333. The average Bonchev–Trinajstić information content (AvgIpc) is 2.11. The Balaban J connectivity index is 2.73. The molecule has 0 bridgehead atoms. The van der Waals surface area contributed by atoms with Crippen molar-refractivity contribution < 1.29 is 13.5 Å². The van der Waals surface area contributed by atoms with Gasteiger partial charge in [-0.05, 0) is 19.1 Å². The summed E-state index contributed by atoms with van der Waals surface area (Å²) in [7, 11) is 0. The van der Waals surface area contributed by atoms with Crippen molar-refractivity contribution in [2.45, 2.75) is 13.0 Å². The lowest BCUT2D eigenvalue weighted by Crippen LogP contribution is -2.12. The van der Waals surface area contributed by atoms with Crippen LogP contribution in [0.1, 0.15) is 6.92 Å². The van der Waals surface area contributed by atoms with Gasteiger partial charge in [0.15, 0.2) is 11.6 Å². The van der Waals surface area contributed by atoms with Crippen LogP contribution in [0.2, 0.25) is 0 Å². The molecule has 72 valence electrons. The highest BCUT2D eigenvalue weighted by atomic mass is 79.9. The van der Waals surface area contributed by atoms with Crippen molar-refractivity contribution >= 4 is 15.9 Å². The van der Waals surface area contributed by atoms with Crippen molar-refractivity contribution in [3.05, 3.63) is 29.8 Å². The van der Waals surface area contributed by atoms with Gasteiger partial charge in [-0.1, -0.05) is 15.9 Å². The van der Waals surface area contributed by atoms with Crippen molar-refractivity contribution in [2.24, 2.45) is 0 Å². The van der Waals surface area contributed by atoms with Gasteiger partial charge in [0.2, 0.25) is 0 Å². The molecule has 1 unspecified atom stereocenters. The van der Waals surface area contributed by atoms with Crippen LogP contribution in [-0.4, -0.2) is 11.4 Å². The summed E-state index contributed by atoms with van der Waals surface area (Å²) in [5, 5.41) is 0.645. The average molecular weight is 251 g/mol. The van der Waals surface area contributed by atoms with Crippen molar-refractivity contribution in [1.82, 2.24) is 0 Å². The van der Waals surface area contributed by atoms with Crippen LogP contribution >= 0.6 is 15.9 Å². The molecule has 0 radical (unpaired) electrons. The molecule has 1 atom stereocenters. The second-order valence-corrected chi connectivity index (χ2v) is 3.31. The van der Waals surface area contributed by atoms with Gasteiger partial charge in [0.05, 0.1) is 0 Å². The van der Waals surface area contributed by atoms with Gasteiger partial charge < -0.3 is 4.74 Å². The summed E-state index contributed by atoms with van der Waals surface area (Å²) < 4.78 is 30.4. The molecule has 0 aliphatic rings. The number of halogens is 3. The van der Waals surface area contributed by atoms with Gasteiger partial charge in [0, 0.05) is 11.4 Å². The van der Waals surface area contributed by atoms with Gasteiger partial charge in [0.25, 0.3) is 0 Å².